The molecule has 1 rings (SSSR count). The maximum Gasteiger partial charge on any atom is 0.148 e. The summed E-state index contributed by atoms with van der Waals surface area (Å²) in [6.45, 7) is 3.83. The van der Waals surface area contributed by atoms with Crippen molar-refractivity contribution in [3.8, 4) is 0 Å². The number of nitrogens with two attached hydrogens (primary N) is 1. The monoisotopic (exact) mass is 220 g/mol. The van der Waals surface area contributed by atoms with Gasteiger partial charge in [-0.2, -0.15) is 0 Å². The fourth-order valence-corrected chi connectivity index (χ4v) is 2.99. The Hall–Kier alpha value is -0.130. The lowest BCUT2D eigenvalue weighted by molar-refractivity contribution is 0.174. The molecule has 1 fully saturated rings. The molecule has 0 aromatic carbocycles. The van der Waals surface area contributed by atoms with E-state index in [9.17, 15) is 8.42 Å². The molecule has 4 nitrogen and oxygen atoms in total. The Morgan fingerprint density at radius 2 is 1.93 bits per heavy atom. The molecule has 1 heterocycles. The van der Waals surface area contributed by atoms with Crippen LogP contribution in [0.25, 0.3) is 0 Å². The summed E-state index contributed by atoms with van der Waals surface area (Å²) < 4.78 is 22.2. The van der Waals surface area contributed by atoms with Crippen LogP contribution in [-0.2, 0) is 9.84 Å². The first-order chi connectivity index (χ1) is 6.38. The Kier molecular flexibility index (Phi) is 3.92. The van der Waals surface area contributed by atoms with E-state index in [2.05, 4.69) is 4.90 Å². The van der Waals surface area contributed by atoms with E-state index < -0.39 is 9.84 Å². The Bertz CT molecular complexity index is 269. The van der Waals surface area contributed by atoms with Crippen LogP contribution in [0.4, 0.5) is 0 Å². The van der Waals surface area contributed by atoms with Gasteiger partial charge >= 0.3 is 0 Å². The molecule has 0 bridgehead atoms. The predicted molar refractivity (Wildman–Crippen MR) is 58.0 cm³/mol. The predicted octanol–water partition coefficient (Wildman–Crippen LogP) is -0.157. The van der Waals surface area contributed by atoms with Gasteiger partial charge in [0.25, 0.3) is 0 Å². The molecule has 14 heavy (non-hydrogen) atoms. The van der Waals surface area contributed by atoms with Crippen LogP contribution in [0.1, 0.15) is 19.8 Å². The highest BCUT2D eigenvalue weighted by atomic mass is 32.2. The third-order valence-corrected chi connectivity index (χ3v) is 3.83. The molecule has 2 N–H and O–H groups in total. The minimum atomic E-state index is -2.86. The lowest BCUT2D eigenvalue weighted by Gasteiger charge is -2.34. The number of piperidine rings is 1. The molecular weight excluding hydrogens is 200 g/mol. The average molecular weight is 220 g/mol. The molecule has 0 aromatic heterocycles. The summed E-state index contributed by atoms with van der Waals surface area (Å²) in [5.41, 5.74) is 5.78. The van der Waals surface area contributed by atoms with Gasteiger partial charge in [-0.1, -0.05) is 0 Å². The lowest BCUT2D eigenvalue weighted by atomic mass is 10.1. The van der Waals surface area contributed by atoms with Crippen molar-refractivity contribution in [1.82, 2.24) is 4.90 Å². The highest BCUT2D eigenvalue weighted by Gasteiger charge is 2.22. The van der Waals surface area contributed by atoms with E-state index in [0.717, 1.165) is 25.9 Å². The molecular formula is C9H20N2O2S. The van der Waals surface area contributed by atoms with Crippen molar-refractivity contribution >= 4 is 9.84 Å². The Morgan fingerprint density at radius 3 is 2.36 bits per heavy atom. The largest absolute Gasteiger partial charge is 0.328 e. The van der Waals surface area contributed by atoms with Gasteiger partial charge in [0.1, 0.15) is 9.84 Å². The number of nitrogens with zero attached hydrogens (tertiary/aromatic N) is 1. The van der Waals surface area contributed by atoms with Crippen molar-refractivity contribution in [1.29, 1.82) is 0 Å². The summed E-state index contributed by atoms with van der Waals surface area (Å²) >= 11 is 0. The van der Waals surface area contributed by atoms with Crippen LogP contribution in [0.2, 0.25) is 0 Å². The summed E-state index contributed by atoms with van der Waals surface area (Å²) in [6.07, 6.45) is 3.25. The SMILES string of the molecule is CC(CS(C)(=O)=O)N1CCC(N)CC1. The Labute approximate surface area is 86.4 Å². The summed E-state index contributed by atoms with van der Waals surface area (Å²) in [5.74, 6) is 0.252. The normalized spacial score (nSPS) is 23.6. The summed E-state index contributed by atoms with van der Waals surface area (Å²) in [6, 6.07) is 0.425. The van der Waals surface area contributed by atoms with Crippen molar-refractivity contribution in [3.63, 3.8) is 0 Å². The van der Waals surface area contributed by atoms with Gasteiger partial charge in [0.2, 0.25) is 0 Å². The second kappa shape index (κ2) is 4.59. The van der Waals surface area contributed by atoms with Crippen molar-refractivity contribution in [3.05, 3.63) is 0 Å². The molecule has 0 aromatic rings. The molecule has 0 spiro atoms. The molecule has 1 unspecified atom stereocenters. The zero-order chi connectivity index (χ0) is 10.8. The van der Waals surface area contributed by atoms with Crippen LogP contribution < -0.4 is 5.73 Å². The van der Waals surface area contributed by atoms with E-state index in [1.54, 1.807) is 0 Å². The zero-order valence-electron chi connectivity index (χ0n) is 8.94. The van der Waals surface area contributed by atoms with E-state index in [0.29, 0.717) is 6.04 Å². The number of hydrogen-bond acceptors (Lipinski definition) is 4. The molecule has 0 amide bonds. The molecule has 1 atom stereocenters. The van der Waals surface area contributed by atoms with Gasteiger partial charge in [-0.15, -0.1) is 0 Å². The smallest absolute Gasteiger partial charge is 0.148 e. The summed E-state index contributed by atoms with van der Waals surface area (Å²) in [7, 11) is -2.86. The molecule has 1 aliphatic rings. The fourth-order valence-electron chi connectivity index (χ4n) is 1.90. The van der Waals surface area contributed by atoms with Crippen LogP contribution in [0.5, 0.6) is 0 Å². The Balaban J connectivity index is 2.42. The third kappa shape index (κ3) is 3.94. The highest BCUT2D eigenvalue weighted by molar-refractivity contribution is 7.90. The van der Waals surface area contributed by atoms with Gasteiger partial charge in [0, 0.05) is 18.3 Å². The van der Waals surface area contributed by atoms with E-state index in [-0.39, 0.29) is 11.8 Å². The number of rotatable bonds is 3. The van der Waals surface area contributed by atoms with E-state index in [1.165, 1.54) is 6.26 Å². The minimum absolute atomic E-state index is 0.123. The lowest BCUT2D eigenvalue weighted by Crippen LogP contribution is -2.46. The molecule has 1 saturated heterocycles. The molecule has 5 heteroatoms. The van der Waals surface area contributed by atoms with Crippen molar-refractivity contribution in [2.75, 3.05) is 25.1 Å². The molecule has 0 radical (unpaired) electrons. The topological polar surface area (TPSA) is 63.4 Å². The maximum atomic E-state index is 11.1. The average Bonchev–Trinajstić information content (AvgIpc) is 2.02. The maximum absolute atomic E-state index is 11.1. The van der Waals surface area contributed by atoms with Gasteiger partial charge < -0.3 is 5.73 Å². The van der Waals surface area contributed by atoms with Crippen LogP contribution >= 0.6 is 0 Å². The molecule has 1 aliphatic heterocycles. The van der Waals surface area contributed by atoms with Gasteiger partial charge in [-0.05, 0) is 32.9 Å². The van der Waals surface area contributed by atoms with Crippen LogP contribution in [-0.4, -0.2) is 50.5 Å². The van der Waals surface area contributed by atoms with Gasteiger partial charge in [0.05, 0.1) is 5.75 Å². The first-order valence-electron chi connectivity index (χ1n) is 5.06. The second-order valence-corrected chi connectivity index (χ2v) is 6.50. The van der Waals surface area contributed by atoms with Crippen LogP contribution in [0.3, 0.4) is 0 Å². The summed E-state index contributed by atoms with van der Waals surface area (Å²) in [5, 5.41) is 0. The fraction of sp³-hybridized carbons (Fsp3) is 1.00. The number of hydrogen-bond donors (Lipinski definition) is 1. The van der Waals surface area contributed by atoms with Crippen molar-refractivity contribution < 1.29 is 8.42 Å². The zero-order valence-corrected chi connectivity index (χ0v) is 9.76. The summed E-state index contributed by atoms with van der Waals surface area (Å²) in [4.78, 5) is 2.21. The minimum Gasteiger partial charge on any atom is -0.328 e. The quantitative estimate of drug-likeness (QED) is 0.718. The first-order valence-corrected chi connectivity index (χ1v) is 7.12. The van der Waals surface area contributed by atoms with Crippen LogP contribution in [0, 0.1) is 0 Å². The molecule has 0 aliphatic carbocycles. The molecule has 84 valence electrons. The standard InChI is InChI=1S/C9H20N2O2S/c1-8(7-14(2,12)13)11-5-3-9(10)4-6-11/h8-9H,3-7,10H2,1-2H3. The van der Waals surface area contributed by atoms with Gasteiger partial charge in [-0.3, -0.25) is 4.90 Å². The van der Waals surface area contributed by atoms with Gasteiger partial charge in [0.15, 0.2) is 0 Å². The highest BCUT2D eigenvalue weighted by Crippen LogP contribution is 2.12. The first kappa shape index (κ1) is 11.9. The van der Waals surface area contributed by atoms with Crippen molar-refractivity contribution in [2.45, 2.75) is 31.8 Å². The Morgan fingerprint density at radius 1 is 1.43 bits per heavy atom. The number of sulfone groups is 1. The third-order valence-electron chi connectivity index (χ3n) is 2.74. The van der Waals surface area contributed by atoms with Crippen LogP contribution in [0.15, 0.2) is 0 Å². The van der Waals surface area contributed by atoms with Crippen molar-refractivity contribution in [2.24, 2.45) is 5.73 Å². The number of likely N-dealkylation sites (tertiary alicyclic amines) is 1. The van der Waals surface area contributed by atoms with E-state index >= 15 is 0 Å². The molecule has 0 saturated carbocycles. The van der Waals surface area contributed by atoms with Gasteiger partial charge in [-0.25, -0.2) is 8.42 Å². The van der Waals surface area contributed by atoms with E-state index in [1.807, 2.05) is 6.92 Å². The van der Waals surface area contributed by atoms with E-state index in [4.69, 9.17) is 5.73 Å². The second-order valence-electron chi connectivity index (χ2n) is 4.31.